The van der Waals surface area contributed by atoms with Gasteiger partial charge in [0, 0.05) is 56.3 Å². The number of hydrogen-bond acceptors (Lipinski definition) is 3. The molecule has 0 atom stereocenters. The molecule has 0 radical (unpaired) electrons. The van der Waals surface area contributed by atoms with Gasteiger partial charge in [0.25, 0.3) is 0 Å². The number of hydrogen-bond donors (Lipinski definition) is 0. The van der Waals surface area contributed by atoms with Crippen molar-refractivity contribution in [3.05, 3.63) is 0 Å². The molecule has 3 nitrogen and oxygen atoms in total. The van der Waals surface area contributed by atoms with E-state index >= 15 is 0 Å². The number of likely N-dealkylation sites (tertiary alicyclic amines) is 3. The Morgan fingerprint density at radius 2 is 1.50 bits per heavy atom. The van der Waals surface area contributed by atoms with Crippen molar-refractivity contribution in [2.45, 2.75) is 52.2 Å². The van der Waals surface area contributed by atoms with Crippen molar-refractivity contribution in [2.75, 3.05) is 39.3 Å². The van der Waals surface area contributed by atoms with E-state index in [1.807, 2.05) is 0 Å². The molecule has 3 aliphatic heterocycles. The highest BCUT2D eigenvalue weighted by Gasteiger charge is 2.51. The van der Waals surface area contributed by atoms with Gasteiger partial charge in [-0.15, -0.1) is 0 Å². The Balaban J connectivity index is 1.44. The largest absolute Gasteiger partial charge is 0.300 e. The molecular formula is C15H29N3. The van der Waals surface area contributed by atoms with E-state index in [9.17, 15) is 0 Å². The normalized spacial score (nSPS) is 30.3. The summed E-state index contributed by atoms with van der Waals surface area (Å²) in [7, 11) is 0. The van der Waals surface area contributed by atoms with Crippen LogP contribution >= 0.6 is 0 Å². The minimum atomic E-state index is 0.669. The summed E-state index contributed by atoms with van der Waals surface area (Å²) in [6, 6.07) is 2.34. The quantitative estimate of drug-likeness (QED) is 0.752. The molecule has 0 N–H and O–H groups in total. The SMILES string of the molecule is CC(C)N1CC(N2CC3(CCN(C(C)C)C3)C2)C1. The average Bonchev–Trinajstić information content (AvgIpc) is 2.58. The van der Waals surface area contributed by atoms with Crippen LogP contribution in [0, 0.1) is 5.41 Å². The van der Waals surface area contributed by atoms with E-state index in [1.165, 1.54) is 45.7 Å². The minimum absolute atomic E-state index is 0.669. The summed E-state index contributed by atoms with van der Waals surface area (Å²) in [5.41, 5.74) is 0.669. The fourth-order valence-corrected chi connectivity index (χ4v) is 3.88. The molecule has 3 heteroatoms. The van der Waals surface area contributed by atoms with E-state index < -0.39 is 0 Å². The van der Waals surface area contributed by atoms with Crippen molar-refractivity contribution in [3.63, 3.8) is 0 Å². The van der Waals surface area contributed by atoms with Gasteiger partial charge in [0.1, 0.15) is 0 Å². The second-order valence-electron chi connectivity index (χ2n) is 7.42. The van der Waals surface area contributed by atoms with Crippen LogP contribution in [0.1, 0.15) is 34.1 Å². The van der Waals surface area contributed by atoms with Gasteiger partial charge in [-0.2, -0.15) is 0 Å². The molecule has 3 heterocycles. The summed E-state index contributed by atoms with van der Waals surface area (Å²) in [4.78, 5) is 7.99. The number of rotatable bonds is 3. The predicted molar refractivity (Wildman–Crippen MR) is 75.8 cm³/mol. The smallest absolute Gasteiger partial charge is 0.0351 e. The molecule has 3 aliphatic rings. The first-order valence-electron chi connectivity index (χ1n) is 7.71. The Morgan fingerprint density at radius 1 is 0.889 bits per heavy atom. The van der Waals surface area contributed by atoms with Crippen LogP contribution in [-0.4, -0.2) is 72.1 Å². The highest BCUT2D eigenvalue weighted by Crippen LogP contribution is 2.42. The zero-order chi connectivity index (χ0) is 12.9. The van der Waals surface area contributed by atoms with Crippen LogP contribution in [0.15, 0.2) is 0 Å². The van der Waals surface area contributed by atoms with Gasteiger partial charge in [0.2, 0.25) is 0 Å². The lowest BCUT2D eigenvalue weighted by molar-refractivity contribution is -0.0831. The molecule has 3 rings (SSSR count). The van der Waals surface area contributed by atoms with Gasteiger partial charge in [-0.05, 0) is 40.7 Å². The second-order valence-corrected chi connectivity index (χ2v) is 7.42. The van der Waals surface area contributed by atoms with Crippen LogP contribution in [0.5, 0.6) is 0 Å². The Bertz CT molecular complexity index is 301. The van der Waals surface area contributed by atoms with Crippen LogP contribution < -0.4 is 0 Å². The predicted octanol–water partition coefficient (Wildman–Crippen LogP) is 1.50. The molecule has 0 aromatic carbocycles. The van der Waals surface area contributed by atoms with Crippen LogP contribution in [0.2, 0.25) is 0 Å². The summed E-state index contributed by atoms with van der Waals surface area (Å²) in [5.74, 6) is 0. The van der Waals surface area contributed by atoms with Gasteiger partial charge < -0.3 is 4.90 Å². The molecule has 0 unspecified atom stereocenters. The molecule has 3 fully saturated rings. The van der Waals surface area contributed by atoms with E-state index in [0.717, 1.165) is 18.1 Å². The van der Waals surface area contributed by atoms with Crippen molar-refractivity contribution in [1.29, 1.82) is 0 Å². The zero-order valence-corrected chi connectivity index (χ0v) is 12.5. The third-order valence-corrected chi connectivity index (χ3v) is 5.41. The van der Waals surface area contributed by atoms with Gasteiger partial charge in [-0.25, -0.2) is 0 Å². The maximum Gasteiger partial charge on any atom is 0.0351 e. The monoisotopic (exact) mass is 251 g/mol. The first kappa shape index (κ1) is 12.9. The van der Waals surface area contributed by atoms with Gasteiger partial charge in [-0.3, -0.25) is 9.80 Å². The van der Waals surface area contributed by atoms with E-state index in [1.54, 1.807) is 0 Å². The van der Waals surface area contributed by atoms with Crippen molar-refractivity contribution in [1.82, 2.24) is 14.7 Å². The number of nitrogens with zero attached hydrogens (tertiary/aromatic N) is 3. The molecule has 0 aliphatic carbocycles. The molecule has 0 amide bonds. The molecule has 3 saturated heterocycles. The molecule has 0 bridgehead atoms. The lowest BCUT2D eigenvalue weighted by atomic mass is 9.77. The van der Waals surface area contributed by atoms with E-state index in [2.05, 4.69) is 42.4 Å². The van der Waals surface area contributed by atoms with Gasteiger partial charge in [0.05, 0.1) is 0 Å². The summed E-state index contributed by atoms with van der Waals surface area (Å²) >= 11 is 0. The Kier molecular flexibility index (Phi) is 3.20. The van der Waals surface area contributed by atoms with Crippen molar-refractivity contribution in [2.24, 2.45) is 5.41 Å². The fourth-order valence-electron chi connectivity index (χ4n) is 3.88. The van der Waals surface area contributed by atoms with Gasteiger partial charge in [-0.1, -0.05) is 0 Å². The van der Waals surface area contributed by atoms with Crippen LogP contribution in [-0.2, 0) is 0 Å². The lowest BCUT2D eigenvalue weighted by Gasteiger charge is -2.57. The first-order chi connectivity index (χ1) is 8.49. The second kappa shape index (κ2) is 4.46. The van der Waals surface area contributed by atoms with Crippen LogP contribution in [0.4, 0.5) is 0 Å². The van der Waals surface area contributed by atoms with Gasteiger partial charge >= 0.3 is 0 Å². The highest BCUT2D eigenvalue weighted by atomic mass is 15.4. The standard InChI is InChI=1S/C15H29N3/c1-12(2)16-6-5-15(9-16)10-18(11-15)14-7-17(8-14)13(3)4/h12-14H,5-11H2,1-4H3. The third-order valence-electron chi connectivity index (χ3n) is 5.41. The van der Waals surface area contributed by atoms with Crippen LogP contribution in [0.3, 0.4) is 0 Å². The first-order valence-corrected chi connectivity index (χ1v) is 7.71. The van der Waals surface area contributed by atoms with Gasteiger partial charge in [0.15, 0.2) is 0 Å². The van der Waals surface area contributed by atoms with E-state index in [4.69, 9.17) is 0 Å². The summed E-state index contributed by atoms with van der Waals surface area (Å²) in [6.07, 6.45) is 1.43. The minimum Gasteiger partial charge on any atom is -0.300 e. The summed E-state index contributed by atoms with van der Waals surface area (Å²) in [5, 5.41) is 0. The average molecular weight is 251 g/mol. The molecule has 1 spiro atoms. The Labute approximate surface area is 112 Å². The Morgan fingerprint density at radius 3 is 2.00 bits per heavy atom. The zero-order valence-electron chi connectivity index (χ0n) is 12.5. The van der Waals surface area contributed by atoms with Crippen molar-refractivity contribution in [3.8, 4) is 0 Å². The maximum absolute atomic E-state index is 2.74. The Hall–Kier alpha value is -0.120. The lowest BCUT2D eigenvalue weighted by Crippen LogP contribution is -2.69. The highest BCUT2D eigenvalue weighted by molar-refractivity contribution is 5.06. The molecular weight excluding hydrogens is 222 g/mol. The van der Waals surface area contributed by atoms with E-state index in [0.29, 0.717) is 5.41 Å². The summed E-state index contributed by atoms with van der Waals surface area (Å²) < 4.78 is 0. The molecule has 0 aromatic heterocycles. The maximum atomic E-state index is 2.74. The topological polar surface area (TPSA) is 9.72 Å². The molecule has 0 aromatic rings. The molecule has 18 heavy (non-hydrogen) atoms. The van der Waals surface area contributed by atoms with Crippen molar-refractivity contribution >= 4 is 0 Å². The van der Waals surface area contributed by atoms with Crippen LogP contribution in [0.25, 0.3) is 0 Å². The molecule has 104 valence electrons. The van der Waals surface area contributed by atoms with Crippen molar-refractivity contribution < 1.29 is 0 Å². The molecule has 0 saturated carbocycles. The summed E-state index contributed by atoms with van der Waals surface area (Å²) in [6.45, 7) is 17.3. The van der Waals surface area contributed by atoms with E-state index in [-0.39, 0.29) is 0 Å². The fraction of sp³-hybridized carbons (Fsp3) is 1.00. The third kappa shape index (κ3) is 2.10.